The first-order chi connectivity index (χ1) is 4.83. The van der Waals surface area contributed by atoms with Gasteiger partial charge in [-0.05, 0) is 13.1 Å². The maximum Gasteiger partial charge on any atom is 0.326 e. The lowest BCUT2D eigenvalue weighted by atomic mass is 11.7. The van der Waals surface area contributed by atoms with Gasteiger partial charge in [0.05, 0.1) is 0 Å². The molecule has 0 saturated heterocycles. The predicted molar refractivity (Wildman–Crippen MR) is 39.3 cm³/mol. The summed E-state index contributed by atoms with van der Waals surface area (Å²) in [5.74, 6) is 0. The van der Waals surface area contributed by atoms with E-state index in [2.05, 4.69) is 0 Å². The van der Waals surface area contributed by atoms with Crippen molar-refractivity contribution in [2.45, 2.75) is 13.1 Å². The quantitative estimate of drug-likeness (QED) is 0.286. The van der Waals surface area contributed by atoms with Gasteiger partial charge in [-0.15, -0.1) is 0 Å². The Bertz CT molecular complexity index is 75.1. The van der Waals surface area contributed by atoms with Crippen LogP contribution in [0.2, 0.25) is 13.1 Å². The Morgan fingerprint density at radius 2 is 1.00 bits per heavy atom. The molecule has 6 nitrogen and oxygen atoms in total. The Morgan fingerprint density at radius 3 is 1.00 bits per heavy atom. The predicted octanol–water partition coefficient (Wildman–Crippen LogP) is -0.926. The van der Waals surface area contributed by atoms with E-state index in [1.807, 2.05) is 0 Å². The molecule has 0 heterocycles. The van der Waals surface area contributed by atoms with Crippen LogP contribution in [0, 0.1) is 0 Å². The van der Waals surface area contributed by atoms with Crippen LogP contribution in [-0.4, -0.2) is 41.3 Å². The van der Waals surface area contributed by atoms with E-state index in [0.29, 0.717) is 0 Å². The maximum atomic E-state index is 8.36. The third-order valence-electron chi connectivity index (χ3n) is 0. The van der Waals surface area contributed by atoms with Crippen LogP contribution in [0.5, 0.6) is 0 Å². The summed E-state index contributed by atoms with van der Waals surface area (Å²) in [5.41, 5.74) is 0. The molecular formula is C4H12O6Si. The Morgan fingerprint density at radius 1 is 1.00 bits per heavy atom. The van der Waals surface area contributed by atoms with E-state index in [1.165, 1.54) is 13.1 Å². The Labute approximate surface area is 65.0 Å². The average Bonchev–Trinajstić information content (AvgIpc) is 1.62. The van der Waals surface area contributed by atoms with Gasteiger partial charge >= 0.3 is 8.56 Å². The highest BCUT2D eigenvalue weighted by Crippen LogP contribution is 1.82. The topological polar surface area (TPSA) is 115 Å². The number of hydrogen-bond donors (Lipinski definition) is 4. The number of rotatable bonds is 0. The summed E-state index contributed by atoms with van der Waals surface area (Å²) >= 11 is 0. The van der Waals surface area contributed by atoms with Crippen LogP contribution in [0.3, 0.4) is 0 Å². The molecule has 0 unspecified atom stereocenters. The van der Waals surface area contributed by atoms with Crippen molar-refractivity contribution < 1.29 is 29.4 Å². The molecular weight excluding hydrogens is 172 g/mol. The van der Waals surface area contributed by atoms with Crippen molar-refractivity contribution in [1.82, 2.24) is 0 Å². The summed E-state index contributed by atoms with van der Waals surface area (Å²) in [6, 6.07) is 0. The van der Waals surface area contributed by atoms with Gasteiger partial charge < -0.3 is 19.8 Å². The molecule has 0 rings (SSSR count). The fourth-order valence-electron chi connectivity index (χ4n) is 0. The van der Waals surface area contributed by atoms with Crippen molar-refractivity contribution in [2.75, 3.05) is 0 Å². The number of carbonyl (C=O) groups is 2. The van der Waals surface area contributed by atoms with Gasteiger partial charge in [-0.25, -0.2) is 0 Å². The molecule has 0 saturated carbocycles. The van der Waals surface area contributed by atoms with Crippen molar-refractivity contribution in [2.24, 2.45) is 0 Å². The minimum atomic E-state index is -2.61. The Hall–Kier alpha value is -0.923. The summed E-state index contributed by atoms with van der Waals surface area (Å²) in [6.07, 6.45) is 0. The van der Waals surface area contributed by atoms with Crippen molar-refractivity contribution >= 4 is 21.5 Å². The van der Waals surface area contributed by atoms with E-state index in [-0.39, 0.29) is 12.9 Å². The van der Waals surface area contributed by atoms with Crippen molar-refractivity contribution in [3.05, 3.63) is 0 Å². The van der Waals surface area contributed by atoms with Crippen LogP contribution in [-0.2, 0) is 9.59 Å². The summed E-state index contributed by atoms with van der Waals surface area (Å²) in [4.78, 5) is 33.2. The zero-order chi connectivity index (χ0) is 9.91. The van der Waals surface area contributed by atoms with Crippen molar-refractivity contribution in [1.29, 1.82) is 0 Å². The Kier molecular flexibility index (Phi) is 17.8. The maximum absolute atomic E-state index is 8.36. The molecule has 0 aromatic heterocycles. The number of carboxylic acid groups (broad SMARTS) is 2. The molecule has 0 aliphatic heterocycles. The lowest BCUT2D eigenvalue weighted by Gasteiger charge is -1.97. The molecule has 0 spiro atoms. The molecule has 0 aromatic rings. The molecule has 0 aromatic carbocycles. The third kappa shape index (κ3) is 533. The van der Waals surface area contributed by atoms with Crippen LogP contribution >= 0.6 is 0 Å². The summed E-state index contributed by atoms with van der Waals surface area (Å²) in [6.45, 7) is 2.38. The van der Waals surface area contributed by atoms with Crippen LogP contribution in [0.15, 0.2) is 0 Å². The fraction of sp³-hybridized carbons (Fsp3) is 0.500. The molecule has 0 radical (unpaired) electrons. The van der Waals surface area contributed by atoms with E-state index in [1.54, 1.807) is 0 Å². The standard InChI is InChI=1S/C2H8O2Si.2CH2O2/c1-5(2,3)4;2*2-1-3/h3-4H,1-2H3;2*1H,(H,2,3). The summed E-state index contributed by atoms with van der Waals surface area (Å²) in [5, 5.41) is 13.8. The molecule has 0 fully saturated rings. The molecule has 0 aliphatic carbocycles. The first-order valence-electron chi connectivity index (χ1n) is 2.44. The first-order valence-corrected chi connectivity index (χ1v) is 5.33. The third-order valence-corrected chi connectivity index (χ3v) is 0. The van der Waals surface area contributed by atoms with Gasteiger partial charge in [0.2, 0.25) is 0 Å². The smallest absolute Gasteiger partial charge is 0.326 e. The summed E-state index contributed by atoms with van der Waals surface area (Å²) in [7, 11) is -2.61. The van der Waals surface area contributed by atoms with Crippen LogP contribution in [0.1, 0.15) is 0 Å². The fourth-order valence-corrected chi connectivity index (χ4v) is 0. The minimum absolute atomic E-state index is 0.250. The largest absolute Gasteiger partial charge is 0.483 e. The second kappa shape index (κ2) is 11.8. The van der Waals surface area contributed by atoms with Crippen LogP contribution in [0.25, 0.3) is 0 Å². The molecule has 4 N–H and O–H groups in total. The van der Waals surface area contributed by atoms with E-state index in [9.17, 15) is 0 Å². The highest BCUT2D eigenvalue weighted by Gasteiger charge is 2.08. The zero-order valence-electron chi connectivity index (χ0n) is 6.26. The van der Waals surface area contributed by atoms with Crippen LogP contribution in [0.4, 0.5) is 0 Å². The summed E-state index contributed by atoms with van der Waals surface area (Å²) < 4.78 is 0. The molecule has 0 amide bonds. The molecule has 0 aliphatic rings. The highest BCUT2D eigenvalue weighted by atomic mass is 28.4. The molecule has 11 heavy (non-hydrogen) atoms. The van der Waals surface area contributed by atoms with E-state index in [4.69, 9.17) is 29.4 Å². The van der Waals surface area contributed by atoms with Gasteiger partial charge in [-0.1, -0.05) is 0 Å². The molecule has 68 valence electrons. The van der Waals surface area contributed by atoms with Gasteiger partial charge in [-0.3, -0.25) is 9.59 Å². The molecule has 7 heteroatoms. The normalized spacial score (nSPS) is 7.64. The monoisotopic (exact) mass is 184 g/mol. The van der Waals surface area contributed by atoms with Gasteiger partial charge in [0.1, 0.15) is 0 Å². The van der Waals surface area contributed by atoms with E-state index in [0.717, 1.165) is 0 Å². The first kappa shape index (κ1) is 16.6. The van der Waals surface area contributed by atoms with Gasteiger partial charge in [-0.2, -0.15) is 0 Å². The lowest BCUT2D eigenvalue weighted by Crippen LogP contribution is -2.23. The van der Waals surface area contributed by atoms with Crippen molar-refractivity contribution in [3.8, 4) is 0 Å². The second-order valence-electron chi connectivity index (χ2n) is 1.71. The van der Waals surface area contributed by atoms with Gasteiger partial charge in [0.25, 0.3) is 12.9 Å². The molecule has 0 atom stereocenters. The minimum Gasteiger partial charge on any atom is -0.483 e. The highest BCUT2D eigenvalue weighted by molar-refractivity contribution is 6.61. The van der Waals surface area contributed by atoms with E-state index >= 15 is 0 Å². The second-order valence-corrected chi connectivity index (χ2v) is 4.69. The molecule has 0 bridgehead atoms. The van der Waals surface area contributed by atoms with Gasteiger partial charge in [0, 0.05) is 0 Å². The average molecular weight is 184 g/mol. The number of hydrogen-bond acceptors (Lipinski definition) is 4. The van der Waals surface area contributed by atoms with Gasteiger partial charge in [0.15, 0.2) is 0 Å². The zero-order valence-corrected chi connectivity index (χ0v) is 7.26. The lowest BCUT2D eigenvalue weighted by molar-refractivity contribution is -0.123. The SMILES string of the molecule is C[Si](C)(O)O.O=CO.O=CO. The Balaban J connectivity index is -0.0000000933. The van der Waals surface area contributed by atoms with Crippen molar-refractivity contribution in [3.63, 3.8) is 0 Å². The van der Waals surface area contributed by atoms with Crippen LogP contribution < -0.4 is 0 Å². The van der Waals surface area contributed by atoms with E-state index < -0.39 is 8.56 Å².